The van der Waals surface area contributed by atoms with Crippen LogP contribution in [0.25, 0.3) is 0 Å². The van der Waals surface area contributed by atoms with Crippen molar-refractivity contribution in [2.45, 2.75) is 18.4 Å². The second-order valence-electron chi connectivity index (χ2n) is 5.41. The molecule has 0 radical (unpaired) electrons. The van der Waals surface area contributed by atoms with Crippen molar-refractivity contribution in [3.8, 4) is 0 Å². The van der Waals surface area contributed by atoms with Crippen LogP contribution in [0.4, 0.5) is 0 Å². The number of carbonyl (C=O) groups excluding carboxylic acids is 3. The Hall–Kier alpha value is -2.11. The Morgan fingerprint density at radius 2 is 1.92 bits per heavy atom. The van der Waals surface area contributed by atoms with Crippen molar-refractivity contribution in [2.75, 3.05) is 13.6 Å². The minimum atomic E-state index is -0.283. The fraction of sp³-hybridized carbons (Fsp3) is 0.250. The molecule has 4 nitrogen and oxygen atoms in total. The number of ketones is 1. The van der Waals surface area contributed by atoms with Gasteiger partial charge in [-0.3, -0.25) is 14.5 Å². The third-order valence-corrected chi connectivity index (χ3v) is 4.37. The number of hydrogen-bond acceptors (Lipinski definition) is 4. The standard InChI is InChI=1S/C19H22BrNO2.CH2O/c1-4-6-8-16(15-22)10-12-21(3)19(13-18(23)14-19)11-7-9-17(20)5-2;1-2/h4-11,15H,1-2,12-14H2,3H3;1H2/b8-6-,11-7+,16-10-,17-9+;. The number of allylic oxidation sites excluding steroid dienone is 8. The van der Waals surface area contributed by atoms with Gasteiger partial charge >= 0.3 is 0 Å². The van der Waals surface area contributed by atoms with Crippen molar-refractivity contribution >= 4 is 34.8 Å². The molecule has 0 N–H and O–H groups in total. The summed E-state index contributed by atoms with van der Waals surface area (Å²) >= 11 is 3.36. The maximum atomic E-state index is 11.5. The quantitative estimate of drug-likeness (QED) is 0.333. The van der Waals surface area contributed by atoms with Gasteiger partial charge in [0.2, 0.25) is 0 Å². The van der Waals surface area contributed by atoms with E-state index in [2.05, 4.69) is 34.0 Å². The van der Waals surface area contributed by atoms with Crippen LogP contribution in [0.1, 0.15) is 12.8 Å². The van der Waals surface area contributed by atoms with Crippen LogP contribution in [0.3, 0.4) is 0 Å². The molecule has 0 amide bonds. The molecule has 0 saturated heterocycles. The molecule has 1 rings (SSSR count). The second-order valence-corrected chi connectivity index (χ2v) is 6.32. The molecule has 1 aliphatic rings. The number of aldehydes is 1. The lowest BCUT2D eigenvalue weighted by molar-refractivity contribution is -0.131. The van der Waals surface area contributed by atoms with Crippen LogP contribution in [-0.4, -0.2) is 42.9 Å². The lowest BCUT2D eigenvalue weighted by atomic mass is 9.74. The van der Waals surface area contributed by atoms with E-state index in [1.54, 1.807) is 24.3 Å². The number of halogens is 1. The molecule has 0 unspecified atom stereocenters. The monoisotopic (exact) mass is 405 g/mol. The summed E-state index contributed by atoms with van der Waals surface area (Å²) in [5.74, 6) is 0.249. The SMILES string of the molecule is C=C/C=C\C(C=O)=C\CN(C)C1(/C=C/C=C(/Br)C=C)CC(=O)C1.C=O. The molecule has 134 valence electrons. The molecule has 0 spiro atoms. The summed E-state index contributed by atoms with van der Waals surface area (Å²) < 4.78 is 0.884. The molecule has 0 aromatic carbocycles. The lowest BCUT2D eigenvalue weighted by Crippen LogP contribution is -2.55. The fourth-order valence-electron chi connectivity index (χ4n) is 2.29. The van der Waals surface area contributed by atoms with Crippen molar-refractivity contribution in [1.29, 1.82) is 0 Å². The van der Waals surface area contributed by atoms with E-state index in [-0.39, 0.29) is 11.3 Å². The first-order valence-electron chi connectivity index (χ1n) is 7.61. The van der Waals surface area contributed by atoms with E-state index in [0.717, 1.165) is 10.8 Å². The Bertz CT molecular complexity index is 606. The van der Waals surface area contributed by atoms with Gasteiger partial charge in [0.1, 0.15) is 18.9 Å². The summed E-state index contributed by atoms with van der Waals surface area (Å²) in [6.45, 7) is 9.84. The average molecular weight is 406 g/mol. The zero-order valence-electron chi connectivity index (χ0n) is 14.5. The number of rotatable bonds is 9. The zero-order chi connectivity index (χ0) is 19.3. The molecule has 0 aromatic rings. The van der Waals surface area contributed by atoms with Gasteiger partial charge in [-0.05, 0) is 13.1 Å². The molecule has 25 heavy (non-hydrogen) atoms. The lowest BCUT2D eigenvalue weighted by Gasteiger charge is -2.45. The van der Waals surface area contributed by atoms with Gasteiger partial charge in [0, 0.05) is 29.4 Å². The summed E-state index contributed by atoms with van der Waals surface area (Å²) in [5, 5.41) is 0. The van der Waals surface area contributed by atoms with E-state index in [0.29, 0.717) is 25.0 Å². The summed E-state index contributed by atoms with van der Waals surface area (Å²) in [7, 11) is 1.96. The first-order valence-corrected chi connectivity index (χ1v) is 8.40. The first-order chi connectivity index (χ1) is 12.0. The van der Waals surface area contributed by atoms with E-state index in [1.807, 2.05) is 38.1 Å². The Morgan fingerprint density at radius 3 is 2.40 bits per heavy atom. The van der Waals surface area contributed by atoms with Gasteiger partial charge < -0.3 is 4.79 Å². The average Bonchev–Trinajstić information content (AvgIpc) is 2.61. The predicted octanol–water partition coefficient (Wildman–Crippen LogP) is 3.72. The largest absolute Gasteiger partial charge is 0.307 e. The Morgan fingerprint density at radius 1 is 1.28 bits per heavy atom. The predicted molar refractivity (Wildman–Crippen MR) is 107 cm³/mol. The van der Waals surface area contributed by atoms with Crippen LogP contribution in [0.5, 0.6) is 0 Å². The molecule has 0 atom stereocenters. The number of carbonyl (C=O) groups is 3. The minimum absolute atomic E-state index is 0.249. The van der Waals surface area contributed by atoms with Crippen molar-refractivity contribution in [1.82, 2.24) is 4.90 Å². The van der Waals surface area contributed by atoms with E-state index >= 15 is 0 Å². The smallest absolute Gasteiger partial charge is 0.149 e. The molecule has 0 heterocycles. The molecular formula is C20H24BrNO3. The van der Waals surface area contributed by atoms with Crippen molar-refractivity contribution in [3.05, 3.63) is 71.8 Å². The number of hydrogen-bond donors (Lipinski definition) is 0. The summed E-state index contributed by atoms with van der Waals surface area (Å²) in [5.41, 5.74) is 0.310. The third-order valence-electron chi connectivity index (χ3n) is 3.79. The Labute approximate surface area is 158 Å². The summed E-state index contributed by atoms with van der Waals surface area (Å²) in [6, 6.07) is 0. The maximum absolute atomic E-state index is 11.5. The first kappa shape index (κ1) is 22.9. The third kappa shape index (κ3) is 7.54. The van der Waals surface area contributed by atoms with Crippen molar-refractivity contribution in [3.63, 3.8) is 0 Å². The van der Waals surface area contributed by atoms with Crippen LogP contribution in [-0.2, 0) is 14.4 Å². The Balaban J connectivity index is 0.00000277. The molecular weight excluding hydrogens is 382 g/mol. The summed E-state index contributed by atoms with van der Waals surface area (Å²) in [4.78, 5) is 32.6. The molecule has 1 fully saturated rings. The van der Waals surface area contributed by atoms with Crippen LogP contribution >= 0.6 is 15.9 Å². The van der Waals surface area contributed by atoms with E-state index in [4.69, 9.17) is 4.79 Å². The molecule has 0 aliphatic heterocycles. The van der Waals surface area contributed by atoms with Crippen LogP contribution in [0.15, 0.2) is 71.8 Å². The normalized spacial score (nSPS) is 17.2. The van der Waals surface area contributed by atoms with Gasteiger partial charge in [0.05, 0.1) is 5.54 Å². The maximum Gasteiger partial charge on any atom is 0.149 e. The van der Waals surface area contributed by atoms with Gasteiger partial charge in [-0.15, -0.1) is 0 Å². The zero-order valence-corrected chi connectivity index (χ0v) is 16.1. The van der Waals surface area contributed by atoms with E-state index in [9.17, 15) is 9.59 Å². The van der Waals surface area contributed by atoms with Gasteiger partial charge in [-0.25, -0.2) is 0 Å². The summed E-state index contributed by atoms with van der Waals surface area (Å²) in [6.07, 6.45) is 16.3. The van der Waals surface area contributed by atoms with Crippen LogP contribution in [0.2, 0.25) is 0 Å². The van der Waals surface area contributed by atoms with Crippen molar-refractivity contribution in [2.24, 2.45) is 0 Å². The molecule has 5 heteroatoms. The second kappa shape index (κ2) is 12.3. The van der Waals surface area contributed by atoms with Gasteiger partial charge in [0.25, 0.3) is 0 Å². The van der Waals surface area contributed by atoms with Gasteiger partial charge in [0.15, 0.2) is 0 Å². The highest BCUT2D eigenvalue weighted by atomic mass is 79.9. The molecule has 0 aromatic heterocycles. The van der Waals surface area contributed by atoms with Gasteiger partial charge in [-0.1, -0.05) is 71.6 Å². The Kier molecular flexibility index (Phi) is 11.2. The van der Waals surface area contributed by atoms with Gasteiger partial charge in [-0.2, -0.15) is 0 Å². The molecule has 1 aliphatic carbocycles. The highest BCUT2D eigenvalue weighted by Crippen LogP contribution is 2.35. The van der Waals surface area contributed by atoms with Crippen LogP contribution < -0.4 is 0 Å². The van der Waals surface area contributed by atoms with E-state index < -0.39 is 0 Å². The number of likely N-dealkylation sites (N-methyl/N-ethyl adjacent to an activating group) is 1. The van der Waals surface area contributed by atoms with Crippen molar-refractivity contribution < 1.29 is 14.4 Å². The highest BCUT2D eigenvalue weighted by Gasteiger charge is 2.44. The fourth-order valence-corrected chi connectivity index (χ4v) is 2.44. The number of nitrogens with zero attached hydrogens (tertiary/aromatic N) is 1. The number of Topliss-reactive ketones (excluding diaryl/α,β-unsaturated/α-hetero) is 1. The van der Waals surface area contributed by atoms with E-state index in [1.165, 1.54) is 0 Å². The molecule has 0 bridgehead atoms. The molecule has 1 saturated carbocycles. The minimum Gasteiger partial charge on any atom is -0.307 e. The highest BCUT2D eigenvalue weighted by molar-refractivity contribution is 9.11. The topological polar surface area (TPSA) is 54.5 Å². The van der Waals surface area contributed by atoms with Crippen LogP contribution in [0, 0.1) is 0 Å².